The van der Waals surface area contributed by atoms with Crippen LogP contribution in [0.5, 0.6) is 5.88 Å². The molecule has 4 aromatic rings. The van der Waals surface area contributed by atoms with Crippen molar-refractivity contribution < 1.29 is 13.2 Å². The van der Waals surface area contributed by atoms with Gasteiger partial charge in [0.25, 0.3) is 0 Å². The Kier molecular flexibility index (Phi) is 6.17. The summed E-state index contributed by atoms with van der Waals surface area (Å²) in [5.74, 6) is 0.579. The first kappa shape index (κ1) is 22.2. The molecule has 0 aliphatic heterocycles. The summed E-state index contributed by atoms with van der Waals surface area (Å²) >= 11 is 0. The molecule has 0 radical (unpaired) electrons. The summed E-state index contributed by atoms with van der Waals surface area (Å²) in [6.07, 6.45) is 4.46. The van der Waals surface area contributed by atoms with Gasteiger partial charge in [-0.25, -0.2) is 18.4 Å². The van der Waals surface area contributed by atoms with Crippen molar-refractivity contribution in [3.05, 3.63) is 48.3 Å². The summed E-state index contributed by atoms with van der Waals surface area (Å²) in [6, 6.07) is 9.11. The van der Waals surface area contributed by atoms with Crippen LogP contribution in [0.4, 0.5) is 0 Å². The van der Waals surface area contributed by atoms with Crippen LogP contribution in [-0.4, -0.2) is 61.3 Å². The van der Waals surface area contributed by atoms with Crippen molar-refractivity contribution in [2.24, 2.45) is 0 Å². The van der Waals surface area contributed by atoms with E-state index in [1.165, 1.54) is 0 Å². The molecule has 0 saturated heterocycles. The monoisotopic (exact) mass is 452 g/mol. The fraction of sp³-hybridized carbons (Fsp3) is 0.333. The molecule has 3 aromatic heterocycles. The van der Waals surface area contributed by atoms with Gasteiger partial charge in [0.15, 0.2) is 9.84 Å². The van der Waals surface area contributed by atoms with Crippen LogP contribution in [0.3, 0.4) is 0 Å². The number of benzene rings is 1. The number of ether oxygens (including phenoxy) is 1. The van der Waals surface area contributed by atoms with Crippen molar-refractivity contribution in [3.63, 3.8) is 0 Å². The molecule has 0 atom stereocenters. The van der Waals surface area contributed by atoms with Crippen molar-refractivity contribution in [1.29, 1.82) is 0 Å². The minimum atomic E-state index is -3.32. The Morgan fingerprint density at radius 3 is 2.69 bits per heavy atom. The predicted octanol–water partition coefficient (Wildman–Crippen LogP) is 4.21. The second-order valence-corrected chi connectivity index (χ2v) is 10.5. The van der Waals surface area contributed by atoms with Gasteiger partial charge in [-0.3, -0.25) is 0 Å². The second kappa shape index (κ2) is 8.88. The zero-order chi connectivity index (χ0) is 22.9. The maximum absolute atomic E-state index is 12.4. The first-order valence-electron chi connectivity index (χ1n) is 10.7. The number of nitrogens with zero attached hydrogens (tertiary/aromatic N) is 3. The number of hydrogen-bond donors (Lipinski definition) is 1. The van der Waals surface area contributed by atoms with Crippen molar-refractivity contribution >= 4 is 31.8 Å². The van der Waals surface area contributed by atoms with Crippen LogP contribution in [-0.2, 0) is 9.84 Å². The average molecular weight is 453 g/mol. The molecule has 3 heterocycles. The van der Waals surface area contributed by atoms with E-state index in [4.69, 9.17) is 4.74 Å². The molecule has 0 aliphatic rings. The lowest BCUT2D eigenvalue weighted by Crippen LogP contribution is -2.15. The van der Waals surface area contributed by atoms with E-state index in [0.717, 1.165) is 51.6 Å². The highest BCUT2D eigenvalue weighted by molar-refractivity contribution is 7.91. The van der Waals surface area contributed by atoms with Crippen LogP contribution in [0.15, 0.2) is 47.6 Å². The summed E-state index contributed by atoms with van der Waals surface area (Å²) in [4.78, 5) is 14.9. The molecule has 0 bridgehead atoms. The summed E-state index contributed by atoms with van der Waals surface area (Å²) in [7, 11) is 0.746. The van der Waals surface area contributed by atoms with E-state index >= 15 is 0 Å². The molecular formula is C24H28N4O3S. The molecular weight excluding hydrogens is 424 g/mol. The summed E-state index contributed by atoms with van der Waals surface area (Å²) in [6.45, 7) is 5.12. The van der Waals surface area contributed by atoms with Gasteiger partial charge in [0.1, 0.15) is 11.2 Å². The topological polar surface area (TPSA) is 88.2 Å². The highest BCUT2D eigenvalue weighted by Gasteiger charge is 2.19. The van der Waals surface area contributed by atoms with E-state index in [2.05, 4.69) is 25.9 Å². The molecule has 4 rings (SSSR count). The highest BCUT2D eigenvalue weighted by Crippen LogP contribution is 2.38. The number of aromatic nitrogens is 3. The van der Waals surface area contributed by atoms with Crippen LogP contribution in [0.2, 0.25) is 0 Å². The van der Waals surface area contributed by atoms with Crippen LogP contribution in [0.25, 0.3) is 33.1 Å². The molecule has 0 saturated carbocycles. The van der Waals surface area contributed by atoms with Gasteiger partial charge >= 0.3 is 0 Å². The average Bonchev–Trinajstić information content (AvgIpc) is 3.15. The first-order valence-corrected chi connectivity index (χ1v) is 12.3. The Balaban J connectivity index is 1.87. The van der Waals surface area contributed by atoms with E-state index in [1.807, 2.05) is 33.3 Å². The van der Waals surface area contributed by atoms with E-state index < -0.39 is 9.84 Å². The molecule has 7 nitrogen and oxygen atoms in total. The van der Waals surface area contributed by atoms with Gasteiger partial charge in [0, 0.05) is 35.3 Å². The van der Waals surface area contributed by atoms with E-state index in [9.17, 15) is 8.42 Å². The standard InChI is InChI=1S/C24H28N4O3S/c1-5-32(29,30)18-9-6-8-17(13-18)20-15-26-24(31-11-7-10-28(3)4)22-21(20)19-12-16(2)14-25-23(19)27-22/h6,8-9,12-15H,5,7,10-11H2,1-4H3,(H,25,27). The third kappa shape index (κ3) is 4.33. The molecule has 0 spiro atoms. The highest BCUT2D eigenvalue weighted by atomic mass is 32.2. The van der Waals surface area contributed by atoms with E-state index in [1.54, 1.807) is 31.3 Å². The van der Waals surface area contributed by atoms with Crippen molar-refractivity contribution in [2.45, 2.75) is 25.2 Å². The van der Waals surface area contributed by atoms with Gasteiger partial charge in [-0.1, -0.05) is 19.1 Å². The lowest BCUT2D eigenvalue weighted by Gasteiger charge is -2.12. The second-order valence-electron chi connectivity index (χ2n) is 8.20. The molecule has 1 aromatic carbocycles. The lowest BCUT2D eigenvalue weighted by molar-refractivity contribution is 0.276. The zero-order valence-corrected chi connectivity index (χ0v) is 19.7. The number of H-pyrrole nitrogens is 1. The molecule has 0 unspecified atom stereocenters. The van der Waals surface area contributed by atoms with Crippen LogP contribution < -0.4 is 4.74 Å². The lowest BCUT2D eigenvalue weighted by atomic mass is 10.0. The third-order valence-corrected chi connectivity index (χ3v) is 7.19. The Morgan fingerprint density at radius 1 is 1.12 bits per heavy atom. The normalized spacial score (nSPS) is 12.2. The molecule has 0 aliphatic carbocycles. The molecule has 168 valence electrons. The Bertz CT molecular complexity index is 1380. The van der Waals surface area contributed by atoms with Crippen molar-refractivity contribution in [2.75, 3.05) is 33.0 Å². The quantitative estimate of drug-likeness (QED) is 0.403. The summed E-state index contributed by atoms with van der Waals surface area (Å²) < 4.78 is 30.9. The fourth-order valence-electron chi connectivity index (χ4n) is 3.77. The van der Waals surface area contributed by atoms with Crippen molar-refractivity contribution in [3.8, 4) is 17.0 Å². The Hall–Kier alpha value is -2.97. The number of rotatable bonds is 8. The number of pyridine rings is 2. The smallest absolute Gasteiger partial charge is 0.238 e. The zero-order valence-electron chi connectivity index (χ0n) is 18.8. The molecule has 0 fully saturated rings. The van der Waals surface area contributed by atoms with Crippen molar-refractivity contribution in [1.82, 2.24) is 19.9 Å². The SMILES string of the molecule is CCS(=O)(=O)c1cccc(-c2cnc(OCCCN(C)C)c3[nH]c4ncc(C)cc4c23)c1. The Labute approximate surface area is 188 Å². The van der Waals surface area contributed by atoms with Crippen LogP contribution in [0.1, 0.15) is 18.9 Å². The minimum absolute atomic E-state index is 0.0556. The van der Waals surface area contributed by atoms with Gasteiger partial charge in [0.05, 0.1) is 17.3 Å². The molecule has 0 amide bonds. The van der Waals surface area contributed by atoms with Gasteiger partial charge in [-0.05, 0) is 56.8 Å². The predicted molar refractivity (Wildman–Crippen MR) is 128 cm³/mol. The number of aryl methyl sites for hydroxylation is 1. The third-order valence-electron chi connectivity index (χ3n) is 5.45. The number of hydrogen-bond acceptors (Lipinski definition) is 6. The maximum atomic E-state index is 12.4. The van der Waals surface area contributed by atoms with Gasteiger partial charge in [-0.15, -0.1) is 0 Å². The number of sulfone groups is 1. The maximum Gasteiger partial charge on any atom is 0.238 e. The molecule has 32 heavy (non-hydrogen) atoms. The van der Waals surface area contributed by atoms with E-state index in [-0.39, 0.29) is 5.75 Å². The van der Waals surface area contributed by atoms with Crippen LogP contribution >= 0.6 is 0 Å². The minimum Gasteiger partial charge on any atom is -0.476 e. The first-order chi connectivity index (χ1) is 15.3. The summed E-state index contributed by atoms with van der Waals surface area (Å²) in [5, 5.41) is 1.89. The molecule has 8 heteroatoms. The number of nitrogens with one attached hydrogen (secondary N) is 1. The summed E-state index contributed by atoms with van der Waals surface area (Å²) in [5.41, 5.74) is 4.18. The van der Waals surface area contributed by atoms with Gasteiger partial charge < -0.3 is 14.6 Å². The van der Waals surface area contributed by atoms with Crippen LogP contribution in [0, 0.1) is 6.92 Å². The van der Waals surface area contributed by atoms with Gasteiger partial charge in [0.2, 0.25) is 5.88 Å². The molecule has 1 N–H and O–H groups in total. The van der Waals surface area contributed by atoms with E-state index in [0.29, 0.717) is 17.4 Å². The van der Waals surface area contributed by atoms with Gasteiger partial charge in [-0.2, -0.15) is 0 Å². The Morgan fingerprint density at radius 2 is 1.94 bits per heavy atom. The number of aromatic amines is 1. The fourth-order valence-corrected chi connectivity index (χ4v) is 4.69. The largest absolute Gasteiger partial charge is 0.476 e. The number of fused-ring (bicyclic) bond motifs is 3.